The summed E-state index contributed by atoms with van der Waals surface area (Å²) >= 11 is 0. The third-order valence-corrected chi connectivity index (χ3v) is 3.80. The molecule has 2 N–H and O–H groups in total. The van der Waals surface area contributed by atoms with Gasteiger partial charge >= 0.3 is 0 Å². The molecule has 2 unspecified atom stereocenters. The minimum Gasteiger partial charge on any atom is -0.491 e. The molecule has 0 bridgehead atoms. The highest BCUT2D eigenvalue weighted by Gasteiger charge is 2.09. The maximum atomic E-state index is 12.8. The van der Waals surface area contributed by atoms with E-state index in [4.69, 9.17) is 4.74 Å². The zero-order valence-electron chi connectivity index (χ0n) is 13.6. The fourth-order valence-corrected chi connectivity index (χ4v) is 2.25. The number of aryl methyl sites for hydroxylation is 1. The second kappa shape index (κ2) is 8.65. The van der Waals surface area contributed by atoms with Crippen LogP contribution in [0.2, 0.25) is 0 Å². The number of rotatable bonds is 8. The quantitative estimate of drug-likeness (QED) is 0.783. The summed E-state index contributed by atoms with van der Waals surface area (Å²) in [6.45, 7) is 4.79. The van der Waals surface area contributed by atoms with Crippen LogP contribution in [0.3, 0.4) is 0 Å². The molecule has 2 rings (SSSR count). The normalized spacial score (nSPS) is 13.6. The standard InChI is InChI=1S/C19H24FNO2/c1-3-15-4-6-16(7-5-15)14(2)21-12-18(22)13-23-19-10-8-17(20)9-11-19/h4-11,14,18,21-22H,3,12-13H2,1-2H3. The van der Waals surface area contributed by atoms with Crippen LogP contribution in [-0.4, -0.2) is 24.4 Å². The van der Waals surface area contributed by atoms with Gasteiger partial charge in [0.1, 0.15) is 24.3 Å². The number of aliphatic hydroxyl groups excluding tert-OH is 1. The summed E-state index contributed by atoms with van der Waals surface area (Å²) in [7, 11) is 0. The zero-order chi connectivity index (χ0) is 16.7. The van der Waals surface area contributed by atoms with E-state index >= 15 is 0 Å². The van der Waals surface area contributed by atoms with Crippen LogP contribution in [0, 0.1) is 5.82 Å². The largest absolute Gasteiger partial charge is 0.491 e. The molecule has 0 heterocycles. The fraction of sp³-hybridized carbons (Fsp3) is 0.368. The van der Waals surface area contributed by atoms with Crippen LogP contribution in [-0.2, 0) is 6.42 Å². The maximum absolute atomic E-state index is 12.8. The topological polar surface area (TPSA) is 41.5 Å². The molecule has 0 spiro atoms. The van der Waals surface area contributed by atoms with E-state index < -0.39 is 6.10 Å². The van der Waals surface area contributed by atoms with E-state index in [2.05, 4.69) is 43.4 Å². The van der Waals surface area contributed by atoms with E-state index in [1.165, 1.54) is 23.3 Å². The average molecular weight is 317 g/mol. The lowest BCUT2D eigenvalue weighted by Gasteiger charge is -2.18. The molecule has 0 saturated carbocycles. The fourth-order valence-electron chi connectivity index (χ4n) is 2.25. The number of halogens is 1. The Kier molecular flexibility index (Phi) is 6.56. The van der Waals surface area contributed by atoms with Crippen molar-refractivity contribution in [3.63, 3.8) is 0 Å². The Morgan fingerprint density at radius 2 is 1.74 bits per heavy atom. The lowest BCUT2D eigenvalue weighted by molar-refractivity contribution is 0.104. The lowest BCUT2D eigenvalue weighted by Crippen LogP contribution is -2.33. The highest BCUT2D eigenvalue weighted by atomic mass is 19.1. The molecular formula is C19H24FNO2. The summed E-state index contributed by atoms with van der Waals surface area (Å²) in [5.74, 6) is 0.246. The highest BCUT2D eigenvalue weighted by Crippen LogP contribution is 2.14. The number of ether oxygens (including phenoxy) is 1. The first-order chi connectivity index (χ1) is 11.1. The molecule has 2 aromatic carbocycles. The van der Waals surface area contributed by atoms with Crippen molar-refractivity contribution < 1.29 is 14.2 Å². The Morgan fingerprint density at radius 3 is 2.35 bits per heavy atom. The van der Waals surface area contributed by atoms with Crippen molar-refractivity contribution in [2.24, 2.45) is 0 Å². The predicted molar refractivity (Wildman–Crippen MR) is 90.1 cm³/mol. The molecule has 3 nitrogen and oxygen atoms in total. The molecular weight excluding hydrogens is 293 g/mol. The third-order valence-electron chi connectivity index (χ3n) is 3.80. The molecule has 2 aromatic rings. The summed E-state index contributed by atoms with van der Waals surface area (Å²) in [5.41, 5.74) is 2.50. The summed E-state index contributed by atoms with van der Waals surface area (Å²) < 4.78 is 18.2. The van der Waals surface area contributed by atoms with Crippen LogP contribution in [0.1, 0.15) is 31.0 Å². The molecule has 0 aromatic heterocycles. The van der Waals surface area contributed by atoms with E-state index in [-0.39, 0.29) is 18.5 Å². The average Bonchev–Trinajstić information content (AvgIpc) is 2.59. The molecule has 0 aliphatic carbocycles. The van der Waals surface area contributed by atoms with Gasteiger partial charge in [-0.2, -0.15) is 0 Å². The third kappa shape index (κ3) is 5.66. The van der Waals surface area contributed by atoms with Crippen molar-refractivity contribution in [1.82, 2.24) is 5.32 Å². The summed E-state index contributed by atoms with van der Waals surface area (Å²) in [6.07, 6.45) is 0.402. The Labute approximate surface area is 137 Å². The Balaban J connectivity index is 1.74. The van der Waals surface area contributed by atoms with Crippen molar-refractivity contribution in [2.45, 2.75) is 32.4 Å². The van der Waals surface area contributed by atoms with Gasteiger partial charge in [0.05, 0.1) is 0 Å². The van der Waals surface area contributed by atoms with Gasteiger partial charge in [-0.1, -0.05) is 31.2 Å². The molecule has 0 radical (unpaired) electrons. The van der Waals surface area contributed by atoms with Gasteiger partial charge in [0, 0.05) is 12.6 Å². The minimum atomic E-state index is -0.627. The Bertz CT molecular complexity index is 583. The number of aliphatic hydroxyl groups is 1. The lowest BCUT2D eigenvalue weighted by atomic mass is 10.0. The maximum Gasteiger partial charge on any atom is 0.123 e. The molecule has 4 heteroatoms. The first-order valence-corrected chi connectivity index (χ1v) is 7.97. The van der Waals surface area contributed by atoms with Gasteiger partial charge in [0.2, 0.25) is 0 Å². The smallest absolute Gasteiger partial charge is 0.123 e. The first kappa shape index (κ1) is 17.4. The van der Waals surface area contributed by atoms with Gasteiger partial charge in [-0.25, -0.2) is 4.39 Å². The van der Waals surface area contributed by atoms with Crippen molar-refractivity contribution in [1.29, 1.82) is 0 Å². The number of nitrogens with one attached hydrogen (secondary N) is 1. The summed E-state index contributed by atoms with van der Waals surface area (Å²) in [4.78, 5) is 0. The van der Waals surface area contributed by atoms with Crippen LogP contribution in [0.4, 0.5) is 4.39 Å². The number of hydrogen-bond donors (Lipinski definition) is 2. The van der Waals surface area contributed by atoms with Gasteiger partial charge in [-0.15, -0.1) is 0 Å². The predicted octanol–water partition coefficient (Wildman–Crippen LogP) is 3.48. The van der Waals surface area contributed by atoms with Gasteiger partial charge in [-0.05, 0) is 48.7 Å². The number of hydrogen-bond acceptors (Lipinski definition) is 3. The van der Waals surface area contributed by atoms with Gasteiger partial charge in [0.15, 0.2) is 0 Å². The van der Waals surface area contributed by atoms with Crippen LogP contribution >= 0.6 is 0 Å². The van der Waals surface area contributed by atoms with Crippen LogP contribution in [0.25, 0.3) is 0 Å². The van der Waals surface area contributed by atoms with E-state index in [0.29, 0.717) is 12.3 Å². The van der Waals surface area contributed by atoms with E-state index in [9.17, 15) is 9.50 Å². The SMILES string of the molecule is CCc1ccc(C(C)NCC(O)COc2ccc(F)cc2)cc1. The minimum absolute atomic E-state index is 0.154. The van der Waals surface area contributed by atoms with Crippen LogP contribution in [0.15, 0.2) is 48.5 Å². The molecule has 2 atom stereocenters. The Hall–Kier alpha value is -1.91. The molecule has 0 amide bonds. The monoisotopic (exact) mass is 317 g/mol. The van der Waals surface area contributed by atoms with Crippen LogP contribution in [0.5, 0.6) is 5.75 Å². The van der Waals surface area contributed by atoms with Gasteiger partial charge in [0.25, 0.3) is 0 Å². The molecule has 0 fully saturated rings. The molecule has 0 aliphatic heterocycles. The van der Waals surface area contributed by atoms with E-state index in [1.54, 1.807) is 12.1 Å². The van der Waals surface area contributed by atoms with Crippen molar-refractivity contribution >= 4 is 0 Å². The van der Waals surface area contributed by atoms with Crippen molar-refractivity contribution in [2.75, 3.05) is 13.2 Å². The first-order valence-electron chi connectivity index (χ1n) is 7.97. The van der Waals surface area contributed by atoms with Gasteiger partial charge < -0.3 is 15.2 Å². The second-order valence-corrected chi connectivity index (χ2v) is 5.64. The van der Waals surface area contributed by atoms with E-state index in [0.717, 1.165) is 6.42 Å². The van der Waals surface area contributed by atoms with Crippen molar-refractivity contribution in [3.8, 4) is 5.75 Å². The van der Waals surface area contributed by atoms with E-state index in [1.807, 2.05) is 0 Å². The molecule has 23 heavy (non-hydrogen) atoms. The summed E-state index contributed by atoms with van der Waals surface area (Å²) in [5, 5.41) is 13.3. The Morgan fingerprint density at radius 1 is 1.09 bits per heavy atom. The molecule has 0 saturated heterocycles. The van der Waals surface area contributed by atoms with Crippen molar-refractivity contribution in [3.05, 3.63) is 65.5 Å². The molecule has 0 aliphatic rings. The number of benzene rings is 2. The zero-order valence-corrected chi connectivity index (χ0v) is 13.6. The molecule has 124 valence electrons. The highest BCUT2D eigenvalue weighted by molar-refractivity contribution is 5.24. The van der Waals surface area contributed by atoms with Crippen LogP contribution < -0.4 is 10.1 Å². The second-order valence-electron chi connectivity index (χ2n) is 5.64. The summed E-state index contributed by atoms with van der Waals surface area (Å²) in [6, 6.07) is 14.4. The van der Waals surface area contributed by atoms with Gasteiger partial charge in [-0.3, -0.25) is 0 Å².